The van der Waals surface area contributed by atoms with E-state index in [0.29, 0.717) is 32.6 Å². The lowest BCUT2D eigenvalue weighted by molar-refractivity contribution is -0.138. The van der Waals surface area contributed by atoms with Crippen molar-refractivity contribution in [1.82, 2.24) is 9.80 Å². The fourth-order valence-corrected chi connectivity index (χ4v) is 4.09. The van der Waals surface area contributed by atoms with Crippen molar-refractivity contribution in [1.29, 1.82) is 0 Å². The van der Waals surface area contributed by atoms with Crippen LogP contribution in [0.1, 0.15) is 18.2 Å². The van der Waals surface area contributed by atoms with Gasteiger partial charge >= 0.3 is 0 Å². The third-order valence-electron chi connectivity index (χ3n) is 4.70. The molecule has 1 aromatic carbocycles. The van der Waals surface area contributed by atoms with Gasteiger partial charge in [0.1, 0.15) is 5.75 Å². The first kappa shape index (κ1) is 18.5. The summed E-state index contributed by atoms with van der Waals surface area (Å²) in [5, 5.41) is 0. The predicted octanol–water partition coefficient (Wildman–Crippen LogP) is 3.05. The highest BCUT2D eigenvalue weighted by atomic mass is 32.1. The SMILES string of the molecule is COc1ccc(-c2ccc(CCC(=O)N3CCN(C(C)=O)CC3)s2)cc1. The number of hydrogen-bond donors (Lipinski definition) is 0. The Morgan fingerprint density at radius 3 is 2.27 bits per heavy atom. The monoisotopic (exact) mass is 372 g/mol. The molecule has 0 radical (unpaired) electrons. The molecule has 3 rings (SSSR count). The van der Waals surface area contributed by atoms with E-state index in [1.165, 1.54) is 9.75 Å². The summed E-state index contributed by atoms with van der Waals surface area (Å²) >= 11 is 1.73. The second-order valence-corrected chi connectivity index (χ2v) is 7.55. The van der Waals surface area contributed by atoms with Gasteiger partial charge in [0.05, 0.1) is 7.11 Å². The van der Waals surface area contributed by atoms with Crippen LogP contribution in [0.4, 0.5) is 0 Å². The highest BCUT2D eigenvalue weighted by Crippen LogP contribution is 2.30. The van der Waals surface area contributed by atoms with Crippen LogP contribution in [-0.4, -0.2) is 54.9 Å². The van der Waals surface area contributed by atoms with Gasteiger partial charge in [-0.25, -0.2) is 0 Å². The Morgan fingerprint density at radius 2 is 1.65 bits per heavy atom. The number of piperazine rings is 1. The lowest BCUT2D eigenvalue weighted by atomic mass is 10.2. The van der Waals surface area contributed by atoms with Crippen LogP contribution in [0.3, 0.4) is 0 Å². The molecule has 0 aliphatic carbocycles. The molecule has 1 aliphatic rings. The molecular weight excluding hydrogens is 348 g/mol. The summed E-state index contributed by atoms with van der Waals surface area (Å²) in [7, 11) is 1.66. The van der Waals surface area contributed by atoms with Gasteiger partial charge in [-0.15, -0.1) is 11.3 Å². The molecule has 0 atom stereocenters. The number of nitrogens with zero attached hydrogens (tertiary/aromatic N) is 2. The maximum absolute atomic E-state index is 12.4. The second kappa shape index (κ2) is 8.36. The molecule has 2 aromatic rings. The first-order chi connectivity index (χ1) is 12.6. The standard InChI is InChI=1S/C20H24N2O3S/c1-15(23)21-11-13-22(14-12-21)20(24)10-8-18-7-9-19(26-18)16-3-5-17(25-2)6-4-16/h3-7,9H,8,10-14H2,1-2H3. The minimum absolute atomic E-state index is 0.0849. The Bertz CT molecular complexity index is 762. The highest BCUT2D eigenvalue weighted by Gasteiger charge is 2.22. The minimum Gasteiger partial charge on any atom is -0.497 e. The van der Waals surface area contributed by atoms with Crippen molar-refractivity contribution in [3.05, 3.63) is 41.3 Å². The fraction of sp³-hybridized carbons (Fsp3) is 0.400. The lowest BCUT2D eigenvalue weighted by Gasteiger charge is -2.34. The number of thiophene rings is 1. The molecule has 1 aromatic heterocycles. The quantitative estimate of drug-likeness (QED) is 0.811. The molecular formula is C20H24N2O3S. The molecule has 1 aliphatic heterocycles. The van der Waals surface area contributed by atoms with Crippen LogP contribution < -0.4 is 4.74 Å². The first-order valence-corrected chi connectivity index (χ1v) is 9.65. The van der Waals surface area contributed by atoms with Crippen LogP contribution in [0.25, 0.3) is 10.4 Å². The molecule has 5 nitrogen and oxygen atoms in total. The number of benzene rings is 1. The summed E-state index contributed by atoms with van der Waals surface area (Å²) < 4.78 is 5.19. The van der Waals surface area contributed by atoms with Crippen LogP contribution in [0.2, 0.25) is 0 Å². The van der Waals surface area contributed by atoms with E-state index >= 15 is 0 Å². The maximum atomic E-state index is 12.4. The van der Waals surface area contributed by atoms with E-state index in [1.807, 2.05) is 29.2 Å². The predicted molar refractivity (Wildman–Crippen MR) is 103 cm³/mol. The zero-order valence-electron chi connectivity index (χ0n) is 15.2. The molecule has 0 N–H and O–H groups in total. The number of carbonyl (C=O) groups is 2. The van der Waals surface area contributed by atoms with Crippen molar-refractivity contribution in [3.63, 3.8) is 0 Å². The number of amides is 2. The van der Waals surface area contributed by atoms with Gasteiger partial charge in [0.2, 0.25) is 11.8 Å². The summed E-state index contributed by atoms with van der Waals surface area (Å²) in [6, 6.07) is 12.2. The van der Waals surface area contributed by atoms with Gasteiger partial charge in [-0.2, -0.15) is 0 Å². The van der Waals surface area contributed by atoms with Crippen molar-refractivity contribution in [2.24, 2.45) is 0 Å². The van der Waals surface area contributed by atoms with Crippen molar-refractivity contribution in [2.45, 2.75) is 19.8 Å². The Balaban J connectivity index is 1.51. The molecule has 0 bridgehead atoms. The first-order valence-electron chi connectivity index (χ1n) is 8.83. The molecule has 0 spiro atoms. The summed E-state index contributed by atoms with van der Waals surface area (Å²) in [5.74, 6) is 1.11. The van der Waals surface area contributed by atoms with Crippen LogP contribution in [0.5, 0.6) is 5.75 Å². The summed E-state index contributed by atoms with van der Waals surface area (Å²) in [6.07, 6.45) is 1.27. The Kier molecular flexibility index (Phi) is 5.93. The third kappa shape index (κ3) is 4.43. The molecule has 0 saturated carbocycles. The van der Waals surface area contributed by atoms with Gasteiger partial charge in [-0.1, -0.05) is 0 Å². The van der Waals surface area contributed by atoms with Crippen LogP contribution in [0, 0.1) is 0 Å². The number of hydrogen-bond acceptors (Lipinski definition) is 4. The second-order valence-electron chi connectivity index (χ2n) is 6.38. The Morgan fingerprint density at radius 1 is 1.00 bits per heavy atom. The smallest absolute Gasteiger partial charge is 0.223 e. The average molecular weight is 372 g/mol. The molecule has 2 heterocycles. The molecule has 0 unspecified atom stereocenters. The lowest BCUT2D eigenvalue weighted by Crippen LogP contribution is -2.50. The van der Waals surface area contributed by atoms with Gasteiger partial charge in [0.15, 0.2) is 0 Å². The van der Waals surface area contributed by atoms with E-state index in [1.54, 1.807) is 30.3 Å². The average Bonchev–Trinajstić information content (AvgIpc) is 3.15. The van der Waals surface area contributed by atoms with Crippen molar-refractivity contribution in [2.75, 3.05) is 33.3 Å². The number of carbonyl (C=O) groups excluding carboxylic acids is 2. The Hall–Kier alpha value is -2.34. The third-order valence-corrected chi connectivity index (χ3v) is 5.89. The molecule has 6 heteroatoms. The summed E-state index contributed by atoms with van der Waals surface area (Å²) in [6.45, 7) is 4.14. The normalized spacial score (nSPS) is 14.4. The van der Waals surface area contributed by atoms with Crippen LogP contribution >= 0.6 is 11.3 Å². The van der Waals surface area contributed by atoms with Gasteiger partial charge in [-0.3, -0.25) is 9.59 Å². The van der Waals surface area contributed by atoms with Gasteiger partial charge in [-0.05, 0) is 48.4 Å². The number of ether oxygens (including phenoxy) is 1. The fourth-order valence-electron chi connectivity index (χ4n) is 3.08. The van der Waals surface area contributed by atoms with Crippen LogP contribution in [-0.2, 0) is 16.0 Å². The van der Waals surface area contributed by atoms with Gasteiger partial charge in [0, 0.05) is 49.3 Å². The molecule has 138 valence electrons. The minimum atomic E-state index is 0.0849. The number of rotatable bonds is 5. The van der Waals surface area contributed by atoms with E-state index in [0.717, 1.165) is 17.7 Å². The van der Waals surface area contributed by atoms with E-state index in [2.05, 4.69) is 12.1 Å². The van der Waals surface area contributed by atoms with E-state index in [4.69, 9.17) is 4.74 Å². The number of aryl methyl sites for hydroxylation is 1. The zero-order chi connectivity index (χ0) is 18.5. The van der Waals surface area contributed by atoms with Gasteiger partial charge < -0.3 is 14.5 Å². The number of methoxy groups -OCH3 is 1. The largest absolute Gasteiger partial charge is 0.497 e. The molecule has 1 saturated heterocycles. The van der Waals surface area contributed by atoms with Crippen molar-refractivity contribution >= 4 is 23.2 Å². The summed E-state index contributed by atoms with van der Waals surface area (Å²) in [5.41, 5.74) is 1.16. The maximum Gasteiger partial charge on any atom is 0.223 e. The van der Waals surface area contributed by atoms with E-state index in [-0.39, 0.29) is 11.8 Å². The van der Waals surface area contributed by atoms with Gasteiger partial charge in [0.25, 0.3) is 0 Å². The van der Waals surface area contributed by atoms with Crippen molar-refractivity contribution < 1.29 is 14.3 Å². The summed E-state index contributed by atoms with van der Waals surface area (Å²) in [4.78, 5) is 29.8. The molecule has 26 heavy (non-hydrogen) atoms. The molecule has 2 amide bonds. The zero-order valence-corrected chi connectivity index (χ0v) is 16.1. The van der Waals surface area contributed by atoms with Crippen molar-refractivity contribution in [3.8, 4) is 16.2 Å². The van der Waals surface area contributed by atoms with E-state index < -0.39 is 0 Å². The topological polar surface area (TPSA) is 49.9 Å². The Labute approximate surface area is 158 Å². The molecule has 1 fully saturated rings. The highest BCUT2D eigenvalue weighted by molar-refractivity contribution is 7.15. The van der Waals surface area contributed by atoms with Crippen LogP contribution in [0.15, 0.2) is 36.4 Å². The van der Waals surface area contributed by atoms with E-state index in [9.17, 15) is 9.59 Å².